The third-order valence-corrected chi connectivity index (χ3v) is 3.74. The molecule has 0 spiro atoms. The summed E-state index contributed by atoms with van der Waals surface area (Å²) in [7, 11) is 0. The molecule has 0 radical (unpaired) electrons. The number of aromatic amines is 1. The number of hydrogen-bond acceptors (Lipinski definition) is 4. The lowest BCUT2D eigenvalue weighted by molar-refractivity contribution is -0.142. The molecular weight excluding hydrogens is 260 g/mol. The molecule has 2 rings (SSSR count). The van der Waals surface area contributed by atoms with Crippen LogP contribution in [0.4, 0.5) is 0 Å². The molecule has 1 saturated carbocycles. The number of carbonyl (C=O) groups excluding carboxylic acids is 1. The number of aliphatic carboxylic acids is 1. The summed E-state index contributed by atoms with van der Waals surface area (Å²) in [4.78, 5) is 30.0. The van der Waals surface area contributed by atoms with Crippen molar-refractivity contribution in [1.29, 1.82) is 0 Å². The average Bonchev–Trinajstić information content (AvgIpc) is 2.91. The van der Waals surface area contributed by atoms with E-state index < -0.39 is 12.0 Å². The maximum atomic E-state index is 12.1. The van der Waals surface area contributed by atoms with Crippen LogP contribution in [0.2, 0.25) is 0 Å². The zero-order chi connectivity index (χ0) is 14.5. The fourth-order valence-corrected chi connectivity index (χ4v) is 2.49. The van der Waals surface area contributed by atoms with Crippen LogP contribution in [0.1, 0.15) is 31.4 Å². The Bertz CT molecular complexity index is 452. The zero-order valence-electron chi connectivity index (χ0n) is 11.2. The molecule has 7 heteroatoms. The maximum Gasteiger partial charge on any atom is 0.326 e. The van der Waals surface area contributed by atoms with Crippen molar-refractivity contribution in [2.45, 2.75) is 44.2 Å². The van der Waals surface area contributed by atoms with E-state index >= 15 is 0 Å². The van der Waals surface area contributed by atoms with Crippen LogP contribution in [0.25, 0.3) is 0 Å². The van der Waals surface area contributed by atoms with Gasteiger partial charge < -0.3 is 21.1 Å². The molecule has 1 aliphatic rings. The van der Waals surface area contributed by atoms with Crippen molar-refractivity contribution >= 4 is 11.9 Å². The zero-order valence-corrected chi connectivity index (χ0v) is 11.2. The van der Waals surface area contributed by atoms with E-state index in [1.807, 2.05) is 0 Å². The molecule has 1 aromatic rings. The molecule has 1 unspecified atom stereocenters. The minimum atomic E-state index is -1.04. The number of aromatic nitrogens is 2. The Morgan fingerprint density at radius 3 is 2.70 bits per heavy atom. The van der Waals surface area contributed by atoms with Crippen molar-refractivity contribution < 1.29 is 14.7 Å². The molecule has 0 aliphatic heterocycles. The Labute approximate surface area is 117 Å². The van der Waals surface area contributed by atoms with E-state index in [0.29, 0.717) is 5.69 Å². The molecule has 20 heavy (non-hydrogen) atoms. The highest BCUT2D eigenvalue weighted by atomic mass is 16.4. The van der Waals surface area contributed by atoms with Crippen molar-refractivity contribution in [3.05, 3.63) is 18.2 Å². The number of carboxylic acid groups (broad SMARTS) is 1. The van der Waals surface area contributed by atoms with Crippen molar-refractivity contribution in [3.63, 3.8) is 0 Å². The van der Waals surface area contributed by atoms with Crippen LogP contribution in [0, 0.1) is 5.92 Å². The molecule has 110 valence electrons. The molecule has 1 heterocycles. The van der Waals surface area contributed by atoms with Crippen molar-refractivity contribution in [2.75, 3.05) is 0 Å². The van der Waals surface area contributed by atoms with Gasteiger partial charge in [-0.15, -0.1) is 0 Å². The van der Waals surface area contributed by atoms with E-state index in [4.69, 9.17) is 5.73 Å². The highest BCUT2D eigenvalue weighted by molar-refractivity contribution is 5.85. The predicted octanol–water partition coefficient (Wildman–Crippen LogP) is 0.0391. The van der Waals surface area contributed by atoms with Gasteiger partial charge in [-0.25, -0.2) is 9.78 Å². The summed E-state index contributed by atoms with van der Waals surface area (Å²) in [6.45, 7) is 0. The molecule has 7 nitrogen and oxygen atoms in total. The summed E-state index contributed by atoms with van der Waals surface area (Å²) in [6, 6.07) is -0.766. The van der Waals surface area contributed by atoms with Gasteiger partial charge in [0.2, 0.25) is 5.91 Å². The Morgan fingerprint density at radius 2 is 2.15 bits per heavy atom. The second-order valence-electron chi connectivity index (χ2n) is 5.29. The second-order valence-corrected chi connectivity index (χ2v) is 5.29. The second kappa shape index (κ2) is 6.51. The van der Waals surface area contributed by atoms with Gasteiger partial charge in [0.15, 0.2) is 0 Å². The van der Waals surface area contributed by atoms with E-state index in [1.165, 1.54) is 6.33 Å². The molecule has 1 amide bonds. The number of carbonyl (C=O) groups is 2. The van der Waals surface area contributed by atoms with Crippen molar-refractivity contribution in [3.8, 4) is 0 Å². The highest BCUT2D eigenvalue weighted by Crippen LogP contribution is 2.23. The largest absolute Gasteiger partial charge is 0.480 e. The fourth-order valence-electron chi connectivity index (χ4n) is 2.49. The summed E-state index contributed by atoms with van der Waals surface area (Å²) in [5.74, 6) is -1.36. The Hall–Kier alpha value is -1.89. The molecule has 0 saturated heterocycles. The first kappa shape index (κ1) is 14.5. The summed E-state index contributed by atoms with van der Waals surface area (Å²) < 4.78 is 0. The number of imidazole rings is 1. The minimum Gasteiger partial charge on any atom is -0.480 e. The standard InChI is InChI=1S/C13H20N4O3/c14-9-3-1-8(2-4-9)12(18)17-11(13(19)20)5-10-6-15-7-16-10/h6-9,11H,1-5,14H2,(H,15,16)(H,17,18)(H,19,20). The predicted molar refractivity (Wildman–Crippen MR) is 71.8 cm³/mol. The molecule has 0 aromatic carbocycles. The van der Waals surface area contributed by atoms with Crippen LogP contribution in [-0.4, -0.2) is 39.0 Å². The van der Waals surface area contributed by atoms with Crippen LogP contribution in [0.15, 0.2) is 12.5 Å². The quantitative estimate of drug-likeness (QED) is 0.606. The molecule has 1 aliphatic carbocycles. The fraction of sp³-hybridized carbons (Fsp3) is 0.615. The Kier molecular flexibility index (Phi) is 4.73. The monoisotopic (exact) mass is 280 g/mol. The van der Waals surface area contributed by atoms with Crippen LogP contribution in [0.3, 0.4) is 0 Å². The number of hydrogen-bond donors (Lipinski definition) is 4. The van der Waals surface area contributed by atoms with Crippen molar-refractivity contribution in [1.82, 2.24) is 15.3 Å². The normalized spacial score (nSPS) is 24.1. The topological polar surface area (TPSA) is 121 Å². The third-order valence-electron chi connectivity index (χ3n) is 3.74. The number of nitrogens with zero attached hydrogens (tertiary/aromatic N) is 1. The van der Waals surface area contributed by atoms with Gasteiger partial charge in [-0.2, -0.15) is 0 Å². The number of nitrogens with one attached hydrogen (secondary N) is 2. The molecule has 1 aromatic heterocycles. The molecule has 5 N–H and O–H groups in total. The van der Waals surface area contributed by atoms with E-state index in [9.17, 15) is 14.7 Å². The SMILES string of the molecule is NC1CCC(C(=O)NC(Cc2cnc[nH]2)C(=O)O)CC1. The summed E-state index contributed by atoms with van der Waals surface area (Å²) in [6.07, 6.45) is 6.33. The minimum absolute atomic E-state index is 0.126. The first-order chi connectivity index (χ1) is 9.56. The van der Waals surface area contributed by atoms with Gasteiger partial charge in [-0.3, -0.25) is 4.79 Å². The lowest BCUT2D eigenvalue weighted by Gasteiger charge is -2.26. The summed E-state index contributed by atoms with van der Waals surface area (Å²) >= 11 is 0. The third kappa shape index (κ3) is 3.80. The van der Waals surface area contributed by atoms with Crippen LogP contribution in [0.5, 0.6) is 0 Å². The summed E-state index contributed by atoms with van der Waals surface area (Å²) in [5.41, 5.74) is 6.48. The van der Waals surface area contributed by atoms with Gasteiger partial charge in [0.25, 0.3) is 0 Å². The van der Waals surface area contributed by atoms with E-state index in [2.05, 4.69) is 15.3 Å². The van der Waals surface area contributed by atoms with Gasteiger partial charge in [-0.05, 0) is 25.7 Å². The van der Waals surface area contributed by atoms with Crippen molar-refractivity contribution in [2.24, 2.45) is 11.7 Å². The Morgan fingerprint density at radius 1 is 1.45 bits per heavy atom. The lowest BCUT2D eigenvalue weighted by atomic mass is 9.85. The number of carboxylic acids is 1. The highest BCUT2D eigenvalue weighted by Gasteiger charge is 2.28. The number of H-pyrrole nitrogens is 1. The van der Waals surface area contributed by atoms with Gasteiger partial charge in [0.05, 0.1) is 6.33 Å². The van der Waals surface area contributed by atoms with E-state index in [1.54, 1.807) is 6.20 Å². The lowest BCUT2D eigenvalue weighted by Crippen LogP contribution is -2.46. The average molecular weight is 280 g/mol. The van der Waals surface area contributed by atoms with Gasteiger partial charge in [-0.1, -0.05) is 0 Å². The number of rotatable bonds is 5. The van der Waals surface area contributed by atoms with Gasteiger partial charge in [0.1, 0.15) is 6.04 Å². The van der Waals surface area contributed by atoms with Gasteiger partial charge in [0, 0.05) is 30.3 Å². The van der Waals surface area contributed by atoms with Crippen LogP contribution >= 0.6 is 0 Å². The molecule has 0 bridgehead atoms. The number of nitrogens with two attached hydrogens (primary N) is 1. The van der Waals surface area contributed by atoms with E-state index in [0.717, 1.165) is 25.7 Å². The van der Waals surface area contributed by atoms with E-state index in [-0.39, 0.29) is 24.3 Å². The van der Waals surface area contributed by atoms with Crippen LogP contribution in [-0.2, 0) is 16.0 Å². The Balaban J connectivity index is 1.90. The first-order valence-electron chi connectivity index (χ1n) is 6.82. The number of amides is 1. The van der Waals surface area contributed by atoms with Crippen LogP contribution < -0.4 is 11.1 Å². The molecule has 1 atom stereocenters. The molecular formula is C13H20N4O3. The maximum absolute atomic E-state index is 12.1. The smallest absolute Gasteiger partial charge is 0.326 e. The first-order valence-corrected chi connectivity index (χ1v) is 6.82. The summed E-state index contributed by atoms with van der Waals surface area (Å²) in [5, 5.41) is 11.8. The van der Waals surface area contributed by atoms with Gasteiger partial charge >= 0.3 is 5.97 Å². The molecule has 1 fully saturated rings.